The fourth-order valence-electron chi connectivity index (χ4n) is 1.84. The van der Waals surface area contributed by atoms with Crippen LogP contribution in [0.4, 0.5) is 17.3 Å². The van der Waals surface area contributed by atoms with Crippen molar-refractivity contribution in [2.24, 2.45) is 0 Å². The van der Waals surface area contributed by atoms with Crippen molar-refractivity contribution in [3.8, 4) is 0 Å². The second kappa shape index (κ2) is 5.27. The Labute approximate surface area is 111 Å². The van der Waals surface area contributed by atoms with Crippen molar-refractivity contribution in [1.82, 2.24) is 15.0 Å². The van der Waals surface area contributed by atoms with Crippen LogP contribution in [-0.4, -0.2) is 15.0 Å². The second-order valence-electron chi connectivity index (χ2n) is 3.92. The molecule has 0 aliphatic heterocycles. The van der Waals surface area contributed by atoms with Gasteiger partial charge in [-0.1, -0.05) is 12.1 Å². The van der Waals surface area contributed by atoms with E-state index in [0.717, 1.165) is 17.3 Å². The number of pyridine rings is 3. The minimum absolute atomic E-state index is 0.814. The van der Waals surface area contributed by atoms with E-state index in [0.29, 0.717) is 0 Å². The maximum atomic E-state index is 4.39. The average Bonchev–Trinajstić information content (AvgIpc) is 2.51. The molecule has 0 saturated heterocycles. The third-order valence-corrected chi connectivity index (χ3v) is 2.66. The molecule has 0 unspecified atom stereocenters. The highest BCUT2D eigenvalue weighted by Gasteiger charge is 2.13. The molecule has 0 N–H and O–H groups in total. The van der Waals surface area contributed by atoms with Gasteiger partial charge >= 0.3 is 0 Å². The van der Waals surface area contributed by atoms with Crippen LogP contribution in [0.1, 0.15) is 0 Å². The van der Waals surface area contributed by atoms with Crippen LogP contribution in [0.15, 0.2) is 73.3 Å². The summed E-state index contributed by atoms with van der Waals surface area (Å²) >= 11 is 0. The number of hydrogen-bond acceptors (Lipinski definition) is 4. The summed E-state index contributed by atoms with van der Waals surface area (Å²) in [5.74, 6) is 1.63. The third kappa shape index (κ3) is 2.42. The van der Waals surface area contributed by atoms with Crippen molar-refractivity contribution in [2.45, 2.75) is 0 Å². The molecule has 4 heteroatoms. The van der Waals surface area contributed by atoms with Crippen LogP contribution in [0.5, 0.6) is 0 Å². The summed E-state index contributed by atoms with van der Waals surface area (Å²) in [5, 5.41) is 0. The van der Waals surface area contributed by atoms with Gasteiger partial charge in [-0.25, -0.2) is 9.97 Å². The third-order valence-electron chi connectivity index (χ3n) is 2.66. The minimum Gasteiger partial charge on any atom is -0.277 e. The van der Waals surface area contributed by atoms with Crippen LogP contribution >= 0.6 is 0 Å². The van der Waals surface area contributed by atoms with Crippen LogP contribution in [0, 0.1) is 0 Å². The van der Waals surface area contributed by atoms with Gasteiger partial charge in [0.25, 0.3) is 0 Å². The fourth-order valence-corrected chi connectivity index (χ4v) is 1.84. The summed E-state index contributed by atoms with van der Waals surface area (Å²) < 4.78 is 0. The van der Waals surface area contributed by atoms with Crippen molar-refractivity contribution in [3.63, 3.8) is 0 Å². The van der Waals surface area contributed by atoms with Gasteiger partial charge in [-0.3, -0.25) is 9.88 Å². The Morgan fingerprint density at radius 1 is 0.684 bits per heavy atom. The normalized spacial score (nSPS) is 10.1. The lowest BCUT2D eigenvalue weighted by Crippen LogP contribution is -2.12. The minimum atomic E-state index is 0.814. The molecule has 0 spiro atoms. The van der Waals surface area contributed by atoms with Gasteiger partial charge in [0.15, 0.2) is 0 Å². The lowest BCUT2D eigenvalue weighted by molar-refractivity contribution is 1.11. The lowest BCUT2D eigenvalue weighted by atomic mass is 10.3. The first-order valence-electron chi connectivity index (χ1n) is 5.97. The van der Waals surface area contributed by atoms with Gasteiger partial charge in [0, 0.05) is 18.6 Å². The SMILES string of the molecule is c1ccc(N(c2cccnc2)c2ccccn2)nc1. The van der Waals surface area contributed by atoms with Gasteiger partial charge in [-0.2, -0.15) is 0 Å². The van der Waals surface area contributed by atoms with Crippen molar-refractivity contribution >= 4 is 17.3 Å². The summed E-state index contributed by atoms with van der Waals surface area (Å²) in [6.07, 6.45) is 7.07. The van der Waals surface area contributed by atoms with E-state index < -0.39 is 0 Å². The van der Waals surface area contributed by atoms with Crippen molar-refractivity contribution in [2.75, 3.05) is 4.90 Å². The number of rotatable bonds is 3. The maximum absolute atomic E-state index is 4.39. The fraction of sp³-hybridized carbons (Fsp3) is 0. The molecule has 0 radical (unpaired) electrons. The standard InChI is InChI=1S/C15H12N4/c1-3-10-17-14(7-1)19(13-6-5-9-16-12-13)15-8-2-4-11-18-15/h1-12H. The Morgan fingerprint density at radius 2 is 1.37 bits per heavy atom. The first-order valence-corrected chi connectivity index (χ1v) is 5.97. The van der Waals surface area contributed by atoms with E-state index in [4.69, 9.17) is 0 Å². The predicted molar refractivity (Wildman–Crippen MR) is 74.5 cm³/mol. The summed E-state index contributed by atoms with van der Waals surface area (Å²) in [5.41, 5.74) is 0.930. The summed E-state index contributed by atoms with van der Waals surface area (Å²) in [7, 11) is 0. The van der Waals surface area contributed by atoms with Crippen LogP contribution in [0.3, 0.4) is 0 Å². The second-order valence-corrected chi connectivity index (χ2v) is 3.92. The first-order chi connectivity index (χ1) is 9.45. The molecule has 19 heavy (non-hydrogen) atoms. The highest BCUT2D eigenvalue weighted by molar-refractivity contribution is 5.70. The quantitative estimate of drug-likeness (QED) is 0.713. The van der Waals surface area contributed by atoms with Crippen LogP contribution in [0.25, 0.3) is 0 Å². The zero-order valence-electron chi connectivity index (χ0n) is 10.2. The van der Waals surface area contributed by atoms with E-state index in [2.05, 4.69) is 15.0 Å². The van der Waals surface area contributed by atoms with Crippen LogP contribution < -0.4 is 4.90 Å². The molecule has 0 aliphatic carbocycles. The molecule has 92 valence electrons. The van der Waals surface area contributed by atoms with E-state index in [1.807, 2.05) is 53.4 Å². The molecule has 3 aromatic rings. The molecule has 3 aromatic heterocycles. The topological polar surface area (TPSA) is 41.9 Å². The van der Waals surface area contributed by atoms with Gasteiger partial charge in [0.05, 0.1) is 11.9 Å². The lowest BCUT2D eigenvalue weighted by Gasteiger charge is -2.22. The number of aromatic nitrogens is 3. The van der Waals surface area contributed by atoms with Gasteiger partial charge in [-0.05, 0) is 36.4 Å². The highest BCUT2D eigenvalue weighted by Crippen LogP contribution is 2.30. The summed E-state index contributed by atoms with van der Waals surface area (Å²) in [4.78, 5) is 14.9. The van der Waals surface area contributed by atoms with E-state index in [9.17, 15) is 0 Å². The Hall–Kier alpha value is -2.75. The number of anilines is 3. The molecule has 0 fully saturated rings. The molecule has 3 heterocycles. The summed E-state index contributed by atoms with van der Waals surface area (Å²) in [6.45, 7) is 0. The Balaban J connectivity index is 2.12. The van der Waals surface area contributed by atoms with Crippen molar-refractivity contribution in [1.29, 1.82) is 0 Å². The average molecular weight is 248 g/mol. The molecule has 0 amide bonds. The van der Waals surface area contributed by atoms with Gasteiger partial charge < -0.3 is 0 Å². The highest BCUT2D eigenvalue weighted by atomic mass is 15.2. The van der Waals surface area contributed by atoms with E-state index in [1.54, 1.807) is 24.8 Å². The molecular weight excluding hydrogens is 236 g/mol. The Morgan fingerprint density at radius 3 is 1.84 bits per heavy atom. The molecule has 0 bridgehead atoms. The van der Waals surface area contributed by atoms with Crippen molar-refractivity contribution in [3.05, 3.63) is 73.3 Å². The Kier molecular flexibility index (Phi) is 3.14. The summed E-state index contributed by atoms with van der Waals surface area (Å²) in [6, 6.07) is 15.5. The van der Waals surface area contributed by atoms with Gasteiger partial charge in [-0.15, -0.1) is 0 Å². The predicted octanol–water partition coefficient (Wildman–Crippen LogP) is 3.34. The number of hydrogen-bond donors (Lipinski definition) is 0. The Bertz CT molecular complexity index is 532. The van der Waals surface area contributed by atoms with Crippen LogP contribution in [0.2, 0.25) is 0 Å². The molecule has 3 rings (SSSR count). The molecule has 4 nitrogen and oxygen atoms in total. The van der Waals surface area contributed by atoms with E-state index in [1.165, 1.54) is 0 Å². The molecule has 0 aromatic carbocycles. The van der Waals surface area contributed by atoms with E-state index in [-0.39, 0.29) is 0 Å². The van der Waals surface area contributed by atoms with Gasteiger partial charge in [0.2, 0.25) is 0 Å². The molecular formula is C15H12N4. The zero-order valence-corrected chi connectivity index (χ0v) is 10.2. The van der Waals surface area contributed by atoms with Gasteiger partial charge in [0.1, 0.15) is 11.6 Å². The molecule has 0 saturated carbocycles. The monoisotopic (exact) mass is 248 g/mol. The molecule has 0 aliphatic rings. The zero-order chi connectivity index (χ0) is 12.9. The maximum Gasteiger partial charge on any atom is 0.138 e. The van der Waals surface area contributed by atoms with Crippen LogP contribution in [-0.2, 0) is 0 Å². The van der Waals surface area contributed by atoms with E-state index >= 15 is 0 Å². The van der Waals surface area contributed by atoms with Crippen molar-refractivity contribution < 1.29 is 0 Å². The molecule has 0 atom stereocenters. The number of nitrogens with zero attached hydrogens (tertiary/aromatic N) is 4. The largest absolute Gasteiger partial charge is 0.277 e. The first kappa shape index (κ1) is 11.3. The smallest absolute Gasteiger partial charge is 0.138 e.